The smallest absolute Gasteiger partial charge is 0.238 e. The molecule has 1 aliphatic rings. The van der Waals surface area contributed by atoms with Gasteiger partial charge < -0.3 is 5.32 Å². The summed E-state index contributed by atoms with van der Waals surface area (Å²) in [5, 5.41) is 2.94. The van der Waals surface area contributed by atoms with Crippen molar-refractivity contribution in [2.24, 2.45) is 5.92 Å². The SMILES string of the molecule is C[C@H]1CCCN(CC(=O)Nc2ccc(F)cc2Cl)C1. The third-order valence-corrected chi connectivity index (χ3v) is 3.63. The van der Waals surface area contributed by atoms with Gasteiger partial charge >= 0.3 is 0 Å². The Morgan fingerprint density at radius 1 is 1.58 bits per heavy atom. The first-order valence-electron chi connectivity index (χ1n) is 6.52. The van der Waals surface area contributed by atoms with Crippen LogP contribution in [0.25, 0.3) is 0 Å². The number of hydrogen-bond acceptors (Lipinski definition) is 2. The minimum atomic E-state index is -0.409. The predicted molar refractivity (Wildman–Crippen MR) is 74.9 cm³/mol. The molecule has 1 atom stereocenters. The Balaban J connectivity index is 1.90. The fraction of sp³-hybridized carbons (Fsp3) is 0.500. The molecule has 0 bridgehead atoms. The largest absolute Gasteiger partial charge is 0.324 e. The molecular weight excluding hydrogens is 267 g/mol. The standard InChI is InChI=1S/C14H18ClFN2O/c1-10-3-2-6-18(8-10)9-14(19)17-13-5-4-11(16)7-12(13)15/h4-5,7,10H,2-3,6,8-9H2,1H3,(H,17,19)/t10-/m0/s1. The summed E-state index contributed by atoms with van der Waals surface area (Å²) in [6.07, 6.45) is 2.35. The van der Waals surface area contributed by atoms with Crippen molar-refractivity contribution in [3.8, 4) is 0 Å². The summed E-state index contributed by atoms with van der Waals surface area (Å²) < 4.78 is 12.9. The molecule has 1 saturated heterocycles. The van der Waals surface area contributed by atoms with Crippen molar-refractivity contribution >= 4 is 23.2 Å². The van der Waals surface area contributed by atoms with Gasteiger partial charge in [0.1, 0.15) is 5.82 Å². The van der Waals surface area contributed by atoms with Crippen LogP contribution in [-0.2, 0) is 4.79 Å². The van der Waals surface area contributed by atoms with E-state index in [2.05, 4.69) is 17.1 Å². The van der Waals surface area contributed by atoms with Crippen molar-refractivity contribution in [1.29, 1.82) is 0 Å². The number of piperidine rings is 1. The highest BCUT2D eigenvalue weighted by Gasteiger charge is 2.18. The molecule has 0 spiro atoms. The molecule has 1 aromatic carbocycles. The molecule has 0 aliphatic carbocycles. The van der Waals surface area contributed by atoms with Gasteiger partial charge in [-0.3, -0.25) is 9.69 Å². The number of halogens is 2. The summed E-state index contributed by atoms with van der Waals surface area (Å²) in [4.78, 5) is 14.1. The highest BCUT2D eigenvalue weighted by molar-refractivity contribution is 6.33. The molecule has 2 rings (SSSR count). The number of carbonyl (C=O) groups is 1. The lowest BCUT2D eigenvalue weighted by molar-refractivity contribution is -0.117. The fourth-order valence-corrected chi connectivity index (χ4v) is 2.63. The van der Waals surface area contributed by atoms with Crippen molar-refractivity contribution in [2.75, 3.05) is 25.0 Å². The molecule has 0 unspecified atom stereocenters. The van der Waals surface area contributed by atoms with E-state index < -0.39 is 5.82 Å². The number of anilines is 1. The second kappa shape index (κ2) is 6.35. The molecule has 19 heavy (non-hydrogen) atoms. The van der Waals surface area contributed by atoms with E-state index in [0.717, 1.165) is 19.5 Å². The number of hydrogen-bond donors (Lipinski definition) is 1. The quantitative estimate of drug-likeness (QED) is 0.925. The van der Waals surface area contributed by atoms with E-state index in [0.29, 0.717) is 18.2 Å². The molecule has 0 radical (unpaired) electrons. The first-order valence-corrected chi connectivity index (χ1v) is 6.89. The zero-order valence-corrected chi connectivity index (χ0v) is 11.7. The molecule has 5 heteroatoms. The number of nitrogens with one attached hydrogen (secondary N) is 1. The monoisotopic (exact) mass is 284 g/mol. The zero-order chi connectivity index (χ0) is 13.8. The molecule has 1 aromatic rings. The number of amides is 1. The number of nitrogens with zero attached hydrogens (tertiary/aromatic N) is 1. The maximum atomic E-state index is 12.9. The lowest BCUT2D eigenvalue weighted by Crippen LogP contribution is -2.39. The molecule has 1 aliphatic heterocycles. The van der Waals surface area contributed by atoms with E-state index in [1.54, 1.807) is 0 Å². The molecule has 1 N–H and O–H groups in total. The summed E-state index contributed by atoms with van der Waals surface area (Å²) in [6, 6.07) is 3.96. The highest BCUT2D eigenvalue weighted by Crippen LogP contribution is 2.22. The Hall–Kier alpha value is -1.13. The van der Waals surface area contributed by atoms with Gasteiger partial charge in [-0.25, -0.2) is 4.39 Å². The van der Waals surface area contributed by atoms with E-state index >= 15 is 0 Å². The maximum Gasteiger partial charge on any atom is 0.238 e. The second-order valence-electron chi connectivity index (χ2n) is 5.15. The maximum absolute atomic E-state index is 12.9. The number of benzene rings is 1. The zero-order valence-electron chi connectivity index (χ0n) is 11.0. The van der Waals surface area contributed by atoms with Crippen molar-refractivity contribution in [1.82, 2.24) is 4.90 Å². The predicted octanol–water partition coefficient (Wildman–Crippen LogP) is 3.15. The van der Waals surface area contributed by atoms with Crippen LogP contribution in [0, 0.1) is 11.7 Å². The summed E-state index contributed by atoms with van der Waals surface area (Å²) in [5.74, 6) is 0.117. The lowest BCUT2D eigenvalue weighted by atomic mass is 10.0. The Morgan fingerprint density at radius 3 is 3.05 bits per heavy atom. The molecule has 1 amide bonds. The number of likely N-dealkylation sites (tertiary alicyclic amines) is 1. The first kappa shape index (κ1) is 14.3. The van der Waals surface area contributed by atoms with E-state index in [1.807, 2.05) is 0 Å². The van der Waals surface area contributed by atoms with Gasteiger partial charge in [0.05, 0.1) is 17.3 Å². The van der Waals surface area contributed by atoms with Crippen molar-refractivity contribution in [3.05, 3.63) is 29.0 Å². The van der Waals surface area contributed by atoms with Gasteiger partial charge in [0.2, 0.25) is 5.91 Å². The van der Waals surface area contributed by atoms with Crippen LogP contribution in [0.5, 0.6) is 0 Å². The van der Waals surface area contributed by atoms with Crippen LogP contribution in [-0.4, -0.2) is 30.4 Å². The fourth-order valence-electron chi connectivity index (χ4n) is 2.41. The van der Waals surface area contributed by atoms with Gasteiger partial charge in [-0.1, -0.05) is 18.5 Å². The Kier molecular flexibility index (Phi) is 4.77. The van der Waals surface area contributed by atoms with Gasteiger partial charge in [-0.15, -0.1) is 0 Å². The van der Waals surface area contributed by atoms with Crippen LogP contribution in [0.4, 0.5) is 10.1 Å². The number of rotatable bonds is 3. The summed E-state index contributed by atoms with van der Waals surface area (Å²) in [7, 11) is 0. The van der Waals surface area contributed by atoms with Gasteiger partial charge in [0.15, 0.2) is 0 Å². The van der Waals surface area contributed by atoms with Gasteiger partial charge in [0, 0.05) is 6.54 Å². The van der Waals surface area contributed by atoms with Gasteiger partial charge in [-0.05, 0) is 43.5 Å². The Labute approximate surface area is 117 Å². The average molecular weight is 285 g/mol. The van der Waals surface area contributed by atoms with E-state index in [9.17, 15) is 9.18 Å². The molecule has 3 nitrogen and oxygen atoms in total. The van der Waals surface area contributed by atoms with Crippen molar-refractivity contribution in [2.45, 2.75) is 19.8 Å². The van der Waals surface area contributed by atoms with Crippen LogP contribution >= 0.6 is 11.6 Å². The second-order valence-corrected chi connectivity index (χ2v) is 5.56. The molecule has 1 fully saturated rings. The summed E-state index contributed by atoms with van der Waals surface area (Å²) in [6.45, 7) is 4.46. The molecule has 104 valence electrons. The van der Waals surface area contributed by atoms with Crippen LogP contribution in [0.1, 0.15) is 19.8 Å². The molecule has 0 aromatic heterocycles. The van der Waals surface area contributed by atoms with E-state index in [4.69, 9.17) is 11.6 Å². The Morgan fingerprint density at radius 2 is 2.37 bits per heavy atom. The summed E-state index contributed by atoms with van der Waals surface area (Å²) >= 11 is 5.87. The highest BCUT2D eigenvalue weighted by atomic mass is 35.5. The minimum absolute atomic E-state index is 0.109. The van der Waals surface area contributed by atoms with Crippen LogP contribution in [0.2, 0.25) is 5.02 Å². The van der Waals surface area contributed by atoms with Crippen LogP contribution in [0.3, 0.4) is 0 Å². The topological polar surface area (TPSA) is 32.3 Å². The van der Waals surface area contributed by atoms with Crippen LogP contribution in [0.15, 0.2) is 18.2 Å². The third-order valence-electron chi connectivity index (χ3n) is 3.31. The van der Waals surface area contributed by atoms with Crippen molar-refractivity contribution in [3.63, 3.8) is 0 Å². The van der Waals surface area contributed by atoms with Gasteiger partial charge in [-0.2, -0.15) is 0 Å². The molecule has 0 saturated carbocycles. The van der Waals surface area contributed by atoms with Crippen molar-refractivity contribution < 1.29 is 9.18 Å². The normalized spacial score (nSPS) is 20.3. The number of carbonyl (C=O) groups excluding carboxylic acids is 1. The summed E-state index contributed by atoms with van der Waals surface area (Å²) in [5.41, 5.74) is 0.457. The van der Waals surface area contributed by atoms with E-state index in [-0.39, 0.29) is 10.9 Å². The average Bonchev–Trinajstić information content (AvgIpc) is 2.33. The van der Waals surface area contributed by atoms with Crippen LogP contribution < -0.4 is 5.32 Å². The molecule has 1 heterocycles. The third kappa shape index (κ3) is 4.18. The first-order chi connectivity index (χ1) is 9.04. The van der Waals surface area contributed by atoms with E-state index in [1.165, 1.54) is 24.6 Å². The van der Waals surface area contributed by atoms with Gasteiger partial charge in [0.25, 0.3) is 0 Å². The molecular formula is C14H18ClFN2O. The minimum Gasteiger partial charge on any atom is -0.324 e. The Bertz CT molecular complexity index is 467. The lowest BCUT2D eigenvalue weighted by Gasteiger charge is -2.30.